The lowest BCUT2D eigenvalue weighted by molar-refractivity contribution is 0.213. The zero-order chi connectivity index (χ0) is 12.8. The normalized spacial score (nSPS) is 11.5. The molecule has 0 aliphatic rings. The van der Waals surface area contributed by atoms with Crippen LogP contribution in [0.1, 0.15) is 37.0 Å². The fourth-order valence-electron chi connectivity index (χ4n) is 2.08. The molecule has 2 heteroatoms. The summed E-state index contributed by atoms with van der Waals surface area (Å²) in [5, 5.41) is 1.09. The maximum absolute atomic E-state index is 3.51. The Kier molecular flexibility index (Phi) is 6.21. The molecular weight excluding hydrogens is 274 g/mol. The molecule has 0 heterocycles. The largest absolute Gasteiger partial charge is 0.297 e. The first-order chi connectivity index (χ1) is 8.06. The Morgan fingerprint density at radius 2 is 1.76 bits per heavy atom. The van der Waals surface area contributed by atoms with Crippen LogP contribution >= 0.6 is 15.9 Å². The molecule has 0 bridgehead atoms. The van der Waals surface area contributed by atoms with E-state index in [9.17, 15) is 0 Å². The molecule has 0 aliphatic heterocycles. The third kappa shape index (κ3) is 4.44. The summed E-state index contributed by atoms with van der Waals surface area (Å²) >= 11 is 3.51. The van der Waals surface area contributed by atoms with Gasteiger partial charge in [-0.3, -0.25) is 4.90 Å². The van der Waals surface area contributed by atoms with Gasteiger partial charge in [-0.25, -0.2) is 0 Å². The molecule has 0 radical (unpaired) electrons. The van der Waals surface area contributed by atoms with Gasteiger partial charge >= 0.3 is 0 Å². The fraction of sp³-hybridized carbons (Fsp3) is 0.600. The second-order valence-electron chi connectivity index (χ2n) is 4.98. The number of benzene rings is 1. The van der Waals surface area contributed by atoms with E-state index in [1.165, 1.54) is 23.1 Å². The summed E-state index contributed by atoms with van der Waals surface area (Å²) in [5.74, 6) is 0. The standard InChI is InChI=1S/C15H24BrN/c1-12(2)17(10-6-9-16)11-15-13(3)7-5-8-14(15)4/h5,7-8,12H,6,9-11H2,1-4H3. The number of aryl methyl sites for hydroxylation is 2. The zero-order valence-corrected chi connectivity index (χ0v) is 13.0. The minimum atomic E-state index is 0.605. The second-order valence-corrected chi connectivity index (χ2v) is 5.77. The molecular formula is C15H24BrN. The molecule has 0 atom stereocenters. The summed E-state index contributed by atoms with van der Waals surface area (Å²) < 4.78 is 0. The minimum Gasteiger partial charge on any atom is -0.297 e. The van der Waals surface area contributed by atoms with Gasteiger partial charge in [0, 0.05) is 17.9 Å². The van der Waals surface area contributed by atoms with Crippen molar-refractivity contribution < 1.29 is 0 Å². The molecule has 0 saturated carbocycles. The molecule has 0 N–H and O–H groups in total. The Morgan fingerprint density at radius 1 is 1.18 bits per heavy atom. The number of alkyl halides is 1. The second kappa shape index (κ2) is 7.17. The SMILES string of the molecule is Cc1cccc(C)c1CN(CCCBr)C(C)C. The van der Waals surface area contributed by atoms with Crippen LogP contribution in [-0.2, 0) is 6.54 Å². The average molecular weight is 298 g/mol. The molecule has 0 saturated heterocycles. The summed E-state index contributed by atoms with van der Waals surface area (Å²) in [6, 6.07) is 7.18. The molecule has 0 aromatic heterocycles. The van der Waals surface area contributed by atoms with E-state index in [0.717, 1.165) is 18.4 Å². The lowest BCUT2D eigenvalue weighted by atomic mass is 10.0. The topological polar surface area (TPSA) is 3.24 Å². The molecule has 1 nitrogen and oxygen atoms in total. The third-order valence-electron chi connectivity index (χ3n) is 3.31. The van der Waals surface area contributed by atoms with E-state index >= 15 is 0 Å². The van der Waals surface area contributed by atoms with Gasteiger partial charge in [0.1, 0.15) is 0 Å². The summed E-state index contributed by atoms with van der Waals surface area (Å²) in [7, 11) is 0. The molecule has 0 amide bonds. The quantitative estimate of drug-likeness (QED) is 0.708. The summed E-state index contributed by atoms with van der Waals surface area (Å²) in [6.45, 7) is 11.2. The van der Waals surface area contributed by atoms with Crippen LogP contribution < -0.4 is 0 Å². The van der Waals surface area contributed by atoms with Gasteiger partial charge in [-0.05, 0) is 57.4 Å². The molecule has 0 aliphatic carbocycles. The smallest absolute Gasteiger partial charge is 0.0241 e. The predicted octanol–water partition coefficient (Wildman–Crippen LogP) is 4.30. The van der Waals surface area contributed by atoms with Crippen molar-refractivity contribution in [1.82, 2.24) is 4.90 Å². The van der Waals surface area contributed by atoms with Gasteiger partial charge in [0.25, 0.3) is 0 Å². The van der Waals surface area contributed by atoms with Crippen LogP contribution in [0.3, 0.4) is 0 Å². The van der Waals surface area contributed by atoms with E-state index in [0.29, 0.717) is 6.04 Å². The summed E-state index contributed by atoms with van der Waals surface area (Å²) in [5.41, 5.74) is 4.32. The molecule has 0 unspecified atom stereocenters. The van der Waals surface area contributed by atoms with Crippen molar-refractivity contribution in [2.45, 2.75) is 46.7 Å². The number of rotatable bonds is 6. The third-order valence-corrected chi connectivity index (χ3v) is 3.88. The first kappa shape index (κ1) is 14.7. The van der Waals surface area contributed by atoms with Crippen molar-refractivity contribution in [3.63, 3.8) is 0 Å². The summed E-state index contributed by atoms with van der Waals surface area (Å²) in [6.07, 6.45) is 1.21. The first-order valence-electron chi connectivity index (χ1n) is 6.41. The van der Waals surface area contributed by atoms with E-state index in [2.05, 4.69) is 66.7 Å². The van der Waals surface area contributed by atoms with Crippen molar-refractivity contribution in [3.05, 3.63) is 34.9 Å². The van der Waals surface area contributed by atoms with Gasteiger partial charge < -0.3 is 0 Å². The van der Waals surface area contributed by atoms with Gasteiger partial charge in [-0.2, -0.15) is 0 Å². The van der Waals surface area contributed by atoms with E-state index in [1.807, 2.05) is 0 Å². The van der Waals surface area contributed by atoms with Crippen LogP contribution in [0.5, 0.6) is 0 Å². The van der Waals surface area contributed by atoms with Crippen LogP contribution in [-0.4, -0.2) is 22.8 Å². The highest BCUT2D eigenvalue weighted by Gasteiger charge is 2.12. The Morgan fingerprint density at radius 3 is 2.24 bits per heavy atom. The van der Waals surface area contributed by atoms with Gasteiger partial charge in [0.05, 0.1) is 0 Å². The van der Waals surface area contributed by atoms with Gasteiger partial charge in [-0.1, -0.05) is 34.1 Å². The molecule has 1 rings (SSSR count). The minimum absolute atomic E-state index is 0.605. The molecule has 1 aromatic carbocycles. The van der Waals surface area contributed by atoms with Crippen LogP contribution in [0.25, 0.3) is 0 Å². The van der Waals surface area contributed by atoms with Crippen molar-refractivity contribution in [1.29, 1.82) is 0 Å². The molecule has 1 aromatic rings. The monoisotopic (exact) mass is 297 g/mol. The predicted molar refractivity (Wildman–Crippen MR) is 79.9 cm³/mol. The van der Waals surface area contributed by atoms with E-state index in [-0.39, 0.29) is 0 Å². The highest BCUT2D eigenvalue weighted by Crippen LogP contribution is 2.17. The average Bonchev–Trinajstić information content (AvgIpc) is 2.27. The van der Waals surface area contributed by atoms with Gasteiger partial charge in [0.15, 0.2) is 0 Å². The van der Waals surface area contributed by atoms with Crippen LogP contribution in [0, 0.1) is 13.8 Å². The number of hydrogen-bond donors (Lipinski definition) is 0. The molecule has 96 valence electrons. The van der Waals surface area contributed by atoms with Crippen LogP contribution in [0.4, 0.5) is 0 Å². The van der Waals surface area contributed by atoms with Crippen molar-refractivity contribution in [2.24, 2.45) is 0 Å². The lowest BCUT2D eigenvalue weighted by Gasteiger charge is -2.27. The Labute approximate surface area is 114 Å². The number of halogens is 1. The first-order valence-corrected chi connectivity index (χ1v) is 7.53. The van der Waals surface area contributed by atoms with Crippen molar-refractivity contribution in [2.75, 3.05) is 11.9 Å². The van der Waals surface area contributed by atoms with Gasteiger partial charge in [0.2, 0.25) is 0 Å². The molecule has 17 heavy (non-hydrogen) atoms. The van der Waals surface area contributed by atoms with Crippen LogP contribution in [0.15, 0.2) is 18.2 Å². The van der Waals surface area contributed by atoms with Gasteiger partial charge in [-0.15, -0.1) is 0 Å². The highest BCUT2D eigenvalue weighted by atomic mass is 79.9. The maximum atomic E-state index is 3.51. The van der Waals surface area contributed by atoms with E-state index in [4.69, 9.17) is 0 Å². The van der Waals surface area contributed by atoms with Crippen molar-refractivity contribution in [3.8, 4) is 0 Å². The molecule has 0 fully saturated rings. The number of hydrogen-bond acceptors (Lipinski definition) is 1. The number of nitrogens with zero attached hydrogens (tertiary/aromatic N) is 1. The maximum Gasteiger partial charge on any atom is 0.0241 e. The Hall–Kier alpha value is -0.340. The van der Waals surface area contributed by atoms with E-state index < -0.39 is 0 Å². The fourth-order valence-corrected chi connectivity index (χ4v) is 2.33. The van der Waals surface area contributed by atoms with E-state index in [1.54, 1.807) is 0 Å². The molecule has 0 spiro atoms. The Bertz CT molecular complexity index is 327. The van der Waals surface area contributed by atoms with Crippen molar-refractivity contribution >= 4 is 15.9 Å². The zero-order valence-electron chi connectivity index (χ0n) is 11.5. The highest BCUT2D eigenvalue weighted by molar-refractivity contribution is 9.09. The lowest BCUT2D eigenvalue weighted by Crippen LogP contribution is -2.32. The Balaban J connectivity index is 2.78. The summed E-state index contributed by atoms with van der Waals surface area (Å²) in [4.78, 5) is 2.55. The van der Waals surface area contributed by atoms with Crippen LogP contribution in [0.2, 0.25) is 0 Å².